The molecular weight excluding hydrogens is 338 g/mol. The Labute approximate surface area is 152 Å². The number of nitro benzene ring substituents is 1. The minimum absolute atomic E-state index is 0.0190. The Hall–Kier alpha value is -2.68. The van der Waals surface area contributed by atoms with Crippen molar-refractivity contribution in [2.45, 2.75) is 26.3 Å². The lowest BCUT2D eigenvalue weighted by Crippen LogP contribution is -2.42. The van der Waals surface area contributed by atoms with Gasteiger partial charge >= 0.3 is 6.03 Å². The van der Waals surface area contributed by atoms with E-state index in [2.05, 4.69) is 10.6 Å². The van der Waals surface area contributed by atoms with Crippen molar-refractivity contribution in [3.8, 4) is 0 Å². The van der Waals surface area contributed by atoms with Crippen LogP contribution in [0.15, 0.2) is 24.3 Å². The van der Waals surface area contributed by atoms with Crippen molar-refractivity contribution in [1.29, 1.82) is 0 Å². The van der Waals surface area contributed by atoms with E-state index in [0.29, 0.717) is 31.9 Å². The lowest BCUT2D eigenvalue weighted by atomic mass is 10.3. The molecule has 1 heterocycles. The van der Waals surface area contributed by atoms with Crippen LogP contribution in [0.25, 0.3) is 0 Å². The maximum absolute atomic E-state index is 12.4. The molecule has 9 heteroatoms. The summed E-state index contributed by atoms with van der Waals surface area (Å²) in [6, 6.07) is 5.67. The maximum atomic E-state index is 12.4. The molecule has 0 aromatic heterocycles. The fourth-order valence-electron chi connectivity index (χ4n) is 2.80. The predicted molar refractivity (Wildman–Crippen MR) is 98.0 cm³/mol. The molecule has 1 saturated heterocycles. The van der Waals surface area contributed by atoms with E-state index in [0.717, 1.165) is 13.0 Å². The Morgan fingerprint density at radius 3 is 2.69 bits per heavy atom. The second-order valence-corrected chi connectivity index (χ2v) is 6.58. The third kappa shape index (κ3) is 5.99. The summed E-state index contributed by atoms with van der Waals surface area (Å²) in [5, 5.41) is 16.4. The van der Waals surface area contributed by atoms with E-state index in [4.69, 9.17) is 0 Å². The molecule has 1 aliphatic heterocycles. The summed E-state index contributed by atoms with van der Waals surface area (Å²) < 4.78 is 0. The van der Waals surface area contributed by atoms with Crippen LogP contribution < -0.4 is 10.6 Å². The number of carbonyl (C=O) groups excluding carboxylic acids is 2. The van der Waals surface area contributed by atoms with Gasteiger partial charge in [-0.2, -0.15) is 0 Å². The summed E-state index contributed by atoms with van der Waals surface area (Å²) >= 11 is 0. The molecule has 142 valence electrons. The van der Waals surface area contributed by atoms with Crippen molar-refractivity contribution in [3.05, 3.63) is 34.4 Å². The van der Waals surface area contributed by atoms with Crippen molar-refractivity contribution in [2.24, 2.45) is 0 Å². The molecule has 1 aromatic rings. The number of carbonyl (C=O) groups is 2. The highest BCUT2D eigenvalue weighted by Crippen LogP contribution is 2.17. The van der Waals surface area contributed by atoms with Crippen LogP contribution in [0, 0.1) is 10.1 Å². The summed E-state index contributed by atoms with van der Waals surface area (Å²) in [7, 11) is 0. The van der Waals surface area contributed by atoms with Crippen LogP contribution in [0.2, 0.25) is 0 Å². The molecule has 2 N–H and O–H groups in total. The quantitative estimate of drug-likeness (QED) is 0.611. The zero-order chi connectivity index (χ0) is 19.1. The van der Waals surface area contributed by atoms with Crippen LogP contribution in [0.4, 0.5) is 16.2 Å². The predicted octanol–water partition coefficient (Wildman–Crippen LogP) is 1.66. The molecule has 0 bridgehead atoms. The summed E-state index contributed by atoms with van der Waals surface area (Å²) in [5.74, 6) is -0.0190. The first-order chi connectivity index (χ1) is 12.3. The highest BCUT2D eigenvalue weighted by atomic mass is 16.6. The van der Waals surface area contributed by atoms with Crippen LogP contribution in [-0.4, -0.2) is 65.4 Å². The third-order valence-electron chi connectivity index (χ3n) is 4.00. The van der Waals surface area contributed by atoms with E-state index < -0.39 is 4.92 Å². The van der Waals surface area contributed by atoms with Gasteiger partial charge in [-0.15, -0.1) is 0 Å². The van der Waals surface area contributed by atoms with Gasteiger partial charge in [0.15, 0.2) is 0 Å². The number of non-ortho nitro benzene ring substituents is 1. The van der Waals surface area contributed by atoms with Crippen LogP contribution in [-0.2, 0) is 4.79 Å². The second-order valence-electron chi connectivity index (χ2n) is 6.58. The maximum Gasteiger partial charge on any atom is 0.321 e. The fourth-order valence-corrected chi connectivity index (χ4v) is 2.80. The van der Waals surface area contributed by atoms with Gasteiger partial charge in [-0.05, 0) is 26.3 Å². The number of benzene rings is 1. The Morgan fingerprint density at radius 2 is 2.00 bits per heavy atom. The standard InChI is InChI=1S/C17H25N5O4/c1-13(2)18-16(23)12-20-7-4-8-21(10-9-20)17(24)19-14-5-3-6-15(11-14)22(25)26/h3,5-6,11,13H,4,7-10,12H2,1-2H3,(H,18,23)(H,19,24). The summed E-state index contributed by atoms with van der Waals surface area (Å²) in [6.07, 6.45) is 0.761. The van der Waals surface area contributed by atoms with Gasteiger partial charge in [-0.3, -0.25) is 19.8 Å². The van der Waals surface area contributed by atoms with E-state index >= 15 is 0 Å². The smallest absolute Gasteiger partial charge is 0.321 e. The van der Waals surface area contributed by atoms with E-state index in [9.17, 15) is 19.7 Å². The van der Waals surface area contributed by atoms with E-state index in [1.54, 1.807) is 11.0 Å². The molecule has 1 fully saturated rings. The zero-order valence-corrected chi connectivity index (χ0v) is 15.1. The van der Waals surface area contributed by atoms with Gasteiger partial charge in [-0.25, -0.2) is 4.79 Å². The Kier molecular flexibility index (Phi) is 6.90. The lowest BCUT2D eigenvalue weighted by molar-refractivity contribution is -0.384. The molecule has 0 radical (unpaired) electrons. The number of nitro groups is 1. The van der Waals surface area contributed by atoms with Gasteiger partial charge in [-0.1, -0.05) is 6.07 Å². The SMILES string of the molecule is CC(C)NC(=O)CN1CCCN(C(=O)Nc2cccc([N+](=O)[O-])c2)CC1. The molecule has 0 unspecified atom stereocenters. The van der Waals surface area contributed by atoms with E-state index in [1.807, 2.05) is 18.7 Å². The lowest BCUT2D eigenvalue weighted by Gasteiger charge is -2.22. The molecular formula is C17H25N5O4. The zero-order valence-electron chi connectivity index (χ0n) is 15.1. The van der Waals surface area contributed by atoms with Crippen LogP contribution in [0.3, 0.4) is 0 Å². The van der Waals surface area contributed by atoms with Gasteiger partial charge in [0.05, 0.1) is 11.5 Å². The number of urea groups is 1. The Balaban J connectivity index is 1.88. The minimum Gasteiger partial charge on any atom is -0.353 e. The molecule has 26 heavy (non-hydrogen) atoms. The van der Waals surface area contributed by atoms with Crippen molar-refractivity contribution < 1.29 is 14.5 Å². The van der Waals surface area contributed by atoms with Gasteiger partial charge < -0.3 is 15.5 Å². The van der Waals surface area contributed by atoms with Gasteiger partial charge in [0, 0.05) is 50.0 Å². The minimum atomic E-state index is -0.498. The van der Waals surface area contributed by atoms with Crippen LogP contribution in [0.1, 0.15) is 20.3 Å². The fraction of sp³-hybridized carbons (Fsp3) is 0.529. The number of anilines is 1. The topological polar surface area (TPSA) is 108 Å². The Morgan fingerprint density at radius 1 is 1.23 bits per heavy atom. The average molecular weight is 363 g/mol. The van der Waals surface area contributed by atoms with Crippen molar-refractivity contribution >= 4 is 23.3 Å². The molecule has 1 aromatic carbocycles. The average Bonchev–Trinajstić information content (AvgIpc) is 2.80. The highest BCUT2D eigenvalue weighted by molar-refractivity contribution is 5.89. The molecule has 2 rings (SSSR count). The van der Waals surface area contributed by atoms with Gasteiger partial charge in [0.25, 0.3) is 5.69 Å². The molecule has 0 spiro atoms. The number of nitrogens with zero attached hydrogens (tertiary/aromatic N) is 3. The number of hydrogen-bond donors (Lipinski definition) is 2. The van der Waals surface area contributed by atoms with Gasteiger partial charge in [0.1, 0.15) is 0 Å². The summed E-state index contributed by atoms with van der Waals surface area (Å²) in [4.78, 5) is 38.3. The first-order valence-corrected chi connectivity index (χ1v) is 8.67. The van der Waals surface area contributed by atoms with Crippen molar-refractivity contribution in [2.75, 3.05) is 38.0 Å². The first kappa shape index (κ1) is 19.6. The molecule has 0 atom stereocenters. The first-order valence-electron chi connectivity index (χ1n) is 8.67. The van der Waals surface area contributed by atoms with Crippen LogP contribution >= 0.6 is 0 Å². The normalized spacial score (nSPS) is 15.4. The number of hydrogen-bond acceptors (Lipinski definition) is 5. The molecule has 0 saturated carbocycles. The molecule has 9 nitrogen and oxygen atoms in total. The van der Waals surface area contributed by atoms with Crippen LogP contribution in [0.5, 0.6) is 0 Å². The van der Waals surface area contributed by atoms with E-state index in [-0.39, 0.29) is 23.7 Å². The molecule has 0 aliphatic carbocycles. The number of rotatable bonds is 5. The molecule has 1 aliphatic rings. The largest absolute Gasteiger partial charge is 0.353 e. The third-order valence-corrected chi connectivity index (χ3v) is 4.00. The van der Waals surface area contributed by atoms with Crippen molar-refractivity contribution in [3.63, 3.8) is 0 Å². The van der Waals surface area contributed by atoms with Crippen molar-refractivity contribution in [1.82, 2.24) is 15.1 Å². The number of nitrogens with one attached hydrogen (secondary N) is 2. The van der Waals surface area contributed by atoms with Gasteiger partial charge in [0.2, 0.25) is 5.91 Å². The van der Waals surface area contributed by atoms with E-state index in [1.165, 1.54) is 18.2 Å². The second kappa shape index (κ2) is 9.14. The number of amides is 3. The Bertz CT molecular complexity index is 664. The highest BCUT2D eigenvalue weighted by Gasteiger charge is 2.21. The molecule has 3 amide bonds. The summed E-state index contributed by atoms with van der Waals surface area (Å²) in [5.41, 5.74) is 0.322. The summed E-state index contributed by atoms with van der Waals surface area (Å²) in [6.45, 7) is 6.57. The monoisotopic (exact) mass is 363 g/mol.